The molecule has 0 saturated carbocycles. The topological polar surface area (TPSA) is 53.1 Å². The first-order chi connectivity index (χ1) is 10.1. The van der Waals surface area contributed by atoms with Gasteiger partial charge in [-0.2, -0.15) is 0 Å². The lowest BCUT2D eigenvalue weighted by molar-refractivity contribution is 0.623. The Morgan fingerprint density at radius 3 is 2.57 bits per heavy atom. The van der Waals surface area contributed by atoms with E-state index in [1.807, 2.05) is 37.3 Å². The van der Waals surface area contributed by atoms with Crippen LogP contribution in [0, 0.1) is 18.2 Å². The van der Waals surface area contributed by atoms with E-state index in [0.717, 1.165) is 16.8 Å². The molecule has 0 aliphatic heterocycles. The minimum absolute atomic E-state index is 0.159. The fourth-order valence-corrected chi connectivity index (χ4v) is 2.21. The summed E-state index contributed by atoms with van der Waals surface area (Å²) in [6.07, 6.45) is 0.489. The normalized spacial score (nSPS) is 10.4. The smallest absolute Gasteiger partial charge is 0.123 e. The van der Waals surface area contributed by atoms with Gasteiger partial charge in [0.1, 0.15) is 5.82 Å². The maximum atomic E-state index is 13.4. The van der Waals surface area contributed by atoms with E-state index in [2.05, 4.69) is 4.90 Å². The first-order valence-electron chi connectivity index (χ1n) is 6.94. The second kappa shape index (κ2) is 6.88. The number of amidine groups is 1. The summed E-state index contributed by atoms with van der Waals surface area (Å²) >= 11 is 0. The van der Waals surface area contributed by atoms with E-state index < -0.39 is 0 Å². The van der Waals surface area contributed by atoms with Crippen LogP contribution in [0.3, 0.4) is 0 Å². The van der Waals surface area contributed by atoms with Gasteiger partial charge in [0.25, 0.3) is 0 Å². The molecule has 0 aliphatic carbocycles. The number of nitrogens with zero attached hydrogens (tertiary/aromatic N) is 1. The van der Waals surface area contributed by atoms with Crippen molar-refractivity contribution in [3.8, 4) is 0 Å². The summed E-state index contributed by atoms with van der Waals surface area (Å²) in [6, 6.07) is 14.7. The van der Waals surface area contributed by atoms with Crippen LogP contribution >= 0.6 is 0 Å². The highest BCUT2D eigenvalue weighted by atomic mass is 19.1. The molecule has 0 radical (unpaired) electrons. The van der Waals surface area contributed by atoms with E-state index in [0.29, 0.717) is 19.5 Å². The molecule has 3 nitrogen and oxygen atoms in total. The van der Waals surface area contributed by atoms with Gasteiger partial charge in [-0.05, 0) is 42.3 Å². The molecule has 2 rings (SSSR count). The molecule has 0 atom stereocenters. The van der Waals surface area contributed by atoms with Gasteiger partial charge in [-0.15, -0.1) is 0 Å². The lowest BCUT2D eigenvalue weighted by Crippen LogP contribution is -2.27. The summed E-state index contributed by atoms with van der Waals surface area (Å²) in [5.74, 6) is -0.0675. The third-order valence-corrected chi connectivity index (χ3v) is 3.44. The van der Waals surface area contributed by atoms with Crippen molar-refractivity contribution in [1.82, 2.24) is 0 Å². The van der Waals surface area contributed by atoms with Crippen LogP contribution in [-0.2, 0) is 6.54 Å². The number of para-hydroxylation sites is 1. The van der Waals surface area contributed by atoms with Crippen LogP contribution in [-0.4, -0.2) is 12.4 Å². The number of halogens is 1. The Hall–Kier alpha value is -2.36. The third kappa shape index (κ3) is 4.31. The van der Waals surface area contributed by atoms with Gasteiger partial charge in [0.15, 0.2) is 0 Å². The van der Waals surface area contributed by atoms with Gasteiger partial charge < -0.3 is 10.6 Å². The van der Waals surface area contributed by atoms with E-state index in [1.54, 1.807) is 12.1 Å². The van der Waals surface area contributed by atoms with Crippen molar-refractivity contribution in [3.05, 3.63) is 65.5 Å². The number of anilines is 1. The molecule has 0 spiro atoms. The SMILES string of the molecule is Cc1ccc(F)cc1CN(CCC(=N)N)c1ccccc1. The van der Waals surface area contributed by atoms with Crippen LogP contribution in [0.15, 0.2) is 48.5 Å². The van der Waals surface area contributed by atoms with Gasteiger partial charge in [-0.3, -0.25) is 5.41 Å². The Kier molecular flexibility index (Phi) is 4.93. The van der Waals surface area contributed by atoms with Crippen LogP contribution < -0.4 is 10.6 Å². The number of benzene rings is 2. The zero-order valence-electron chi connectivity index (χ0n) is 12.1. The first-order valence-corrected chi connectivity index (χ1v) is 6.94. The summed E-state index contributed by atoms with van der Waals surface area (Å²) < 4.78 is 13.4. The Balaban J connectivity index is 2.23. The Morgan fingerprint density at radius 2 is 1.90 bits per heavy atom. The molecule has 21 heavy (non-hydrogen) atoms. The van der Waals surface area contributed by atoms with Crippen molar-refractivity contribution in [3.63, 3.8) is 0 Å². The van der Waals surface area contributed by atoms with Crippen molar-refractivity contribution < 1.29 is 4.39 Å². The molecule has 0 amide bonds. The van der Waals surface area contributed by atoms with E-state index in [-0.39, 0.29) is 11.7 Å². The summed E-state index contributed by atoms with van der Waals surface area (Å²) in [5.41, 5.74) is 8.51. The highest BCUT2D eigenvalue weighted by Gasteiger charge is 2.10. The number of nitrogens with one attached hydrogen (secondary N) is 1. The van der Waals surface area contributed by atoms with E-state index in [9.17, 15) is 4.39 Å². The summed E-state index contributed by atoms with van der Waals surface area (Å²) in [4.78, 5) is 2.11. The minimum atomic E-state index is -0.227. The molecule has 0 saturated heterocycles. The monoisotopic (exact) mass is 285 g/mol. The summed E-state index contributed by atoms with van der Waals surface area (Å²) in [5, 5.41) is 7.40. The molecule has 0 aliphatic rings. The Bertz CT molecular complexity index is 611. The van der Waals surface area contributed by atoms with Crippen LogP contribution in [0.25, 0.3) is 0 Å². The number of hydrogen-bond acceptors (Lipinski definition) is 2. The average molecular weight is 285 g/mol. The number of rotatable bonds is 6. The number of hydrogen-bond donors (Lipinski definition) is 2. The standard InChI is InChI=1S/C17H20FN3/c1-13-7-8-15(18)11-14(13)12-21(10-9-17(19)20)16-5-3-2-4-6-16/h2-8,11H,9-10,12H2,1H3,(H3,19,20). The molecule has 110 valence electrons. The van der Waals surface area contributed by atoms with Gasteiger partial charge >= 0.3 is 0 Å². The zero-order chi connectivity index (χ0) is 15.2. The molecule has 3 N–H and O–H groups in total. The number of nitrogens with two attached hydrogens (primary N) is 1. The maximum absolute atomic E-state index is 13.4. The second-order valence-corrected chi connectivity index (χ2v) is 5.10. The second-order valence-electron chi connectivity index (χ2n) is 5.10. The molecular formula is C17H20FN3. The zero-order valence-corrected chi connectivity index (χ0v) is 12.1. The van der Waals surface area contributed by atoms with Crippen molar-refractivity contribution in [2.45, 2.75) is 19.9 Å². The Labute approximate surface area is 124 Å². The minimum Gasteiger partial charge on any atom is -0.388 e. The predicted molar refractivity (Wildman–Crippen MR) is 85.2 cm³/mol. The largest absolute Gasteiger partial charge is 0.388 e. The van der Waals surface area contributed by atoms with Gasteiger partial charge in [0.2, 0.25) is 0 Å². The van der Waals surface area contributed by atoms with E-state index >= 15 is 0 Å². The first kappa shape index (κ1) is 15.0. The number of aryl methyl sites for hydroxylation is 1. The lowest BCUT2D eigenvalue weighted by Gasteiger charge is -2.25. The summed E-state index contributed by atoms with van der Waals surface area (Å²) in [7, 11) is 0. The summed E-state index contributed by atoms with van der Waals surface area (Å²) in [6.45, 7) is 3.21. The van der Waals surface area contributed by atoms with Crippen LogP contribution in [0.1, 0.15) is 17.5 Å². The van der Waals surface area contributed by atoms with Crippen molar-refractivity contribution in [1.29, 1.82) is 5.41 Å². The molecule has 0 unspecified atom stereocenters. The molecular weight excluding hydrogens is 265 g/mol. The molecule has 0 fully saturated rings. The quantitative estimate of drug-likeness (QED) is 0.631. The maximum Gasteiger partial charge on any atom is 0.123 e. The van der Waals surface area contributed by atoms with Gasteiger partial charge in [-0.25, -0.2) is 4.39 Å². The molecule has 4 heteroatoms. The van der Waals surface area contributed by atoms with Crippen molar-refractivity contribution in [2.75, 3.05) is 11.4 Å². The fraction of sp³-hybridized carbons (Fsp3) is 0.235. The fourth-order valence-electron chi connectivity index (χ4n) is 2.21. The molecule has 0 heterocycles. The third-order valence-electron chi connectivity index (χ3n) is 3.44. The van der Waals surface area contributed by atoms with Crippen LogP contribution in [0.2, 0.25) is 0 Å². The van der Waals surface area contributed by atoms with E-state index in [1.165, 1.54) is 6.07 Å². The van der Waals surface area contributed by atoms with Gasteiger partial charge in [-0.1, -0.05) is 24.3 Å². The average Bonchev–Trinajstić information content (AvgIpc) is 2.47. The van der Waals surface area contributed by atoms with E-state index in [4.69, 9.17) is 11.1 Å². The molecule has 0 aromatic heterocycles. The molecule has 2 aromatic carbocycles. The highest BCUT2D eigenvalue weighted by Crippen LogP contribution is 2.19. The van der Waals surface area contributed by atoms with Gasteiger partial charge in [0.05, 0.1) is 5.84 Å². The Morgan fingerprint density at radius 1 is 1.19 bits per heavy atom. The van der Waals surface area contributed by atoms with Crippen molar-refractivity contribution >= 4 is 11.5 Å². The van der Waals surface area contributed by atoms with Crippen LogP contribution in [0.4, 0.5) is 10.1 Å². The predicted octanol–water partition coefficient (Wildman–Crippen LogP) is 3.47. The van der Waals surface area contributed by atoms with Crippen molar-refractivity contribution in [2.24, 2.45) is 5.73 Å². The van der Waals surface area contributed by atoms with Crippen LogP contribution in [0.5, 0.6) is 0 Å². The highest BCUT2D eigenvalue weighted by molar-refractivity contribution is 5.77. The molecule has 0 bridgehead atoms. The molecule has 2 aromatic rings. The lowest BCUT2D eigenvalue weighted by atomic mass is 10.1. The van der Waals surface area contributed by atoms with Gasteiger partial charge in [0, 0.05) is 25.2 Å².